The van der Waals surface area contributed by atoms with Crippen molar-refractivity contribution in [2.75, 3.05) is 26.1 Å². The maximum atomic E-state index is 12.5. The molecule has 0 bridgehead atoms. The molecule has 1 aromatic carbocycles. The molecule has 0 spiro atoms. The van der Waals surface area contributed by atoms with Gasteiger partial charge >= 0.3 is 0 Å². The molecule has 1 heterocycles. The number of amides is 1. The molecule has 1 fully saturated rings. The Morgan fingerprint density at radius 2 is 1.86 bits per heavy atom. The van der Waals surface area contributed by atoms with Crippen LogP contribution < -0.4 is 20.1 Å². The molecule has 1 amide bonds. The Kier molecular flexibility index (Phi) is 7.12. The summed E-state index contributed by atoms with van der Waals surface area (Å²) in [5.41, 5.74) is 1.78. The van der Waals surface area contributed by atoms with Crippen molar-refractivity contribution in [1.82, 2.24) is 10.3 Å². The summed E-state index contributed by atoms with van der Waals surface area (Å²) >= 11 is 0. The molecular weight excluding hydrogens is 354 g/mol. The van der Waals surface area contributed by atoms with Gasteiger partial charge in [-0.2, -0.15) is 0 Å². The summed E-state index contributed by atoms with van der Waals surface area (Å²) < 4.78 is 10.6. The lowest BCUT2D eigenvalue weighted by molar-refractivity contribution is 0.0927. The molecule has 0 aliphatic heterocycles. The van der Waals surface area contributed by atoms with E-state index in [1.807, 2.05) is 24.3 Å². The highest BCUT2D eigenvalue weighted by molar-refractivity contribution is 5.95. The number of carbonyl (C=O) groups is 1. The van der Waals surface area contributed by atoms with Gasteiger partial charge in [-0.15, -0.1) is 0 Å². The molecule has 3 rings (SSSR count). The average Bonchev–Trinajstić information content (AvgIpc) is 2.74. The largest absolute Gasteiger partial charge is 0.493 e. The molecule has 1 aromatic heterocycles. The summed E-state index contributed by atoms with van der Waals surface area (Å²) in [6.07, 6.45) is 8.31. The predicted molar refractivity (Wildman–Crippen MR) is 110 cm³/mol. The highest BCUT2D eigenvalue weighted by Gasteiger charge is 2.17. The number of hydrogen-bond acceptors (Lipinski definition) is 5. The zero-order valence-corrected chi connectivity index (χ0v) is 16.7. The van der Waals surface area contributed by atoms with Gasteiger partial charge in [-0.25, -0.2) is 4.98 Å². The van der Waals surface area contributed by atoms with Crippen LogP contribution in [0.5, 0.6) is 11.5 Å². The van der Waals surface area contributed by atoms with Gasteiger partial charge in [0.05, 0.1) is 14.2 Å². The third-order valence-corrected chi connectivity index (χ3v) is 5.13. The van der Waals surface area contributed by atoms with Crippen molar-refractivity contribution in [2.45, 2.75) is 44.6 Å². The van der Waals surface area contributed by atoms with Gasteiger partial charge in [0.1, 0.15) is 5.82 Å². The first-order chi connectivity index (χ1) is 13.7. The van der Waals surface area contributed by atoms with Crippen LogP contribution in [0.2, 0.25) is 0 Å². The number of methoxy groups -OCH3 is 2. The molecule has 0 atom stereocenters. The molecule has 28 heavy (non-hydrogen) atoms. The maximum Gasteiger partial charge on any atom is 0.251 e. The van der Waals surface area contributed by atoms with Crippen LogP contribution in [0.15, 0.2) is 36.5 Å². The smallest absolute Gasteiger partial charge is 0.251 e. The predicted octanol–water partition coefficient (Wildman–Crippen LogP) is 3.82. The Morgan fingerprint density at radius 3 is 2.61 bits per heavy atom. The highest BCUT2D eigenvalue weighted by Crippen LogP contribution is 2.27. The minimum atomic E-state index is -0.0164. The lowest BCUT2D eigenvalue weighted by atomic mass is 9.95. The van der Waals surface area contributed by atoms with E-state index in [0.29, 0.717) is 24.0 Å². The number of carbonyl (C=O) groups excluding carboxylic acids is 1. The molecule has 0 unspecified atom stereocenters. The van der Waals surface area contributed by atoms with E-state index in [0.717, 1.165) is 36.3 Å². The zero-order chi connectivity index (χ0) is 19.8. The van der Waals surface area contributed by atoms with E-state index in [1.165, 1.54) is 19.3 Å². The number of rotatable bonds is 8. The van der Waals surface area contributed by atoms with E-state index in [9.17, 15) is 4.79 Å². The van der Waals surface area contributed by atoms with Gasteiger partial charge in [-0.1, -0.05) is 25.3 Å². The molecule has 1 aliphatic rings. The van der Waals surface area contributed by atoms with Crippen LogP contribution in [0.25, 0.3) is 0 Å². The third-order valence-electron chi connectivity index (χ3n) is 5.13. The second-order valence-corrected chi connectivity index (χ2v) is 7.10. The first-order valence-corrected chi connectivity index (χ1v) is 9.91. The lowest BCUT2D eigenvalue weighted by Gasteiger charge is -2.22. The van der Waals surface area contributed by atoms with Gasteiger partial charge in [0.2, 0.25) is 0 Å². The van der Waals surface area contributed by atoms with Crippen molar-refractivity contribution in [3.63, 3.8) is 0 Å². The molecule has 0 radical (unpaired) electrons. The number of ether oxygens (including phenoxy) is 2. The van der Waals surface area contributed by atoms with Crippen molar-refractivity contribution in [1.29, 1.82) is 0 Å². The fourth-order valence-electron chi connectivity index (χ4n) is 3.56. The van der Waals surface area contributed by atoms with Crippen LogP contribution in [-0.4, -0.2) is 37.7 Å². The summed E-state index contributed by atoms with van der Waals surface area (Å²) in [6.45, 7) is 0.705. The number of hydrogen-bond donors (Lipinski definition) is 2. The molecule has 2 aromatic rings. The minimum absolute atomic E-state index is 0.0164. The van der Waals surface area contributed by atoms with Crippen molar-refractivity contribution >= 4 is 11.7 Å². The number of nitrogens with one attached hydrogen (secondary N) is 2. The molecular formula is C22H29N3O3. The van der Waals surface area contributed by atoms with Crippen LogP contribution in [0.1, 0.15) is 48.0 Å². The summed E-state index contributed by atoms with van der Waals surface area (Å²) in [7, 11) is 3.26. The number of benzene rings is 1. The SMILES string of the molecule is COc1ccc(CCNc2cc(C(=O)NC3CCCCC3)ccn2)cc1OC. The maximum absolute atomic E-state index is 12.5. The lowest BCUT2D eigenvalue weighted by Crippen LogP contribution is -2.36. The molecule has 6 nitrogen and oxygen atoms in total. The summed E-state index contributed by atoms with van der Waals surface area (Å²) in [6, 6.07) is 9.77. The summed E-state index contributed by atoms with van der Waals surface area (Å²) in [5, 5.41) is 6.44. The standard InChI is InChI=1S/C22H29N3O3/c1-27-19-9-8-16(14-20(19)28-2)10-12-23-21-15-17(11-13-24-21)22(26)25-18-6-4-3-5-7-18/h8-9,11,13-15,18H,3-7,10,12H2,1-2H3,(H,23,24)(H,25,26). The van der Waals surface area contributed by atoms with Gasteiger partial charge in [0.25, 0.3) is 5.91 Å². The van der Waals surface area contributed by atoms with Crippen LogP contribution in [0.4, 0.5) is 5.82 Å². The first kappa shape index (κ1) is 20.0. The summed E-state index contributed by atoms with van der Waals surface area (Å²) in [4.78, 5) is 16.8. The quantitative estimate of drug-likeness (QED) is 0.725. The Balaban J connectivity index is 1.53. The van der Waals surface area contributed by atoms with Crippen LogP contribution in [0.3, 0.4) is 0 Å². The summed E-state index contributed by atoms with van der Waals surface area (Å²) in [5.74, 6) is 2.13. The molecule has 1 saturated carbocycles. The number of nitrogens with zero attached hydrogens (tertiary/aromatic N) is 1. The molecule has 150 valence electrons. The van der Waals surface area contributed by atoms with Crippen molar-refractivity contribution < 1.29 is 14.3 Å². The molecule has 0 saturated heterocycles. The molecule has 2 N–H and O–H groups in total. The van der Waals surface area contributed by atoms with Crippen molar-refractivity contribution in [3.8, 4) is 11.5 Å². The highest BCUT2D eigenvalue weighted by atomic mass is 16.5. The van der Waals surface area contributed by atoms with E-state index in [1.54, 1.807) is 26.5 Å². The van der Waals surface area contributed by atoms with Crippen molar-refractivity contribution in [3.05, 3.63) is 47.7 Å². The normalized spacial score (nSPS) is 14.4. The van der Waals surface area contributed by atoms with Crippen LogP contribution >= 0.6 is 0 Å². The number of anilines is 1. The second-order valence-electron chi connectivity index (χ2n) is 7.10. The van der Waals surface area contributed by atoms with Gasteiger partial charge in [-0.05, 0) is 49.1 Å². The Bertz CT molecular complexity index is 788. The molecule has 6 heteroatoms. The van der Waals surface area contributed by atoms with E-state index >= 15 is 0 Å². The monoisotopic (exact) mass is 383 g/mol. The zero-order valence-electron chi connectivity index (χ0n) is 16.7. The van der Waals surface area contributed by atoms with E-state index in [2.05, 4.69) is 15.6 Å². The Morgan fingerprint density at radius 1 is 1.07 bits per heavy atom. The van der Waals surface area contributed by atoms with E-state index in [4.69, 9.17) is 9.47 Å². The third kappa shape index (κ3) is 5.38. The first-order valence-electron chi connectivity index (χ1n) is 9.91. The van der Waals surface area contributed by atoms with Crippen LogP contribution in [-0.2, 0) is 6.42 Å². The van der Waals surface area contributed by atoms with Crippen molar-refractivity contribution in [2.24, 2.45) is 0 Å². The van der Waals surface area contributed by atoms with E-state index in [-0.39, 0.29) is 5.91 Å². The van der Waals surface area contributed by atoms with Gasteiger partial charge < -0.3 is 20.1 Å². The fourth-order valence-corrected chi connectivity index (χ4v) is 3.56. The second kappa shape index (κ2) is 9.97. The number of pyridine rings is 1. The molecule has 1 aliphatic carbocycles. The van der Waals surface area contributed by atoms with Gasteiger partial charge in [-0.3, -0.25) is 4.79 Å². The fraction of sp³-hybridized carbons (Fsp3) is 0.455. The van der Waals surface area contributed by atoms with E-state index < -0.39 is 0 Å². The Labute approximate surface area is 166 Å². The number of aromatic nitrogens is 1. The van der Waals surface area contributed by atoms with Gasteiger partial charge in [0, 0.05) is 24.3 Å². The van der Waals surface area contributed by atoms with Gasteiger partial charge in [0.15, 0.2) is 11.5 Å². The topological polar surface area (TPSA) is 72.5 Å². The Hall–Kier alpha value is -2.76. The minimum Gasteiger partial charge on any atom is -0.493 e. The average molecular weight is 383 g/mol. The van der Waals surface area contributed by atoms with Crippen LogP contribution in [0, 0.1) is 0 Å².